The summed E-state index contributed by atoms with van der Waals surface area (Å²) in [5.74, 6) is 1.52. The van der Waals surface area contributed by atoms with Crippen molar-refractivity contribution >= 4 is 11.8 Å². The fourth-order valence-electron chi connectivity index (χ4n) is 2.22. The van der Waals surface area contributed by atoms with E-state index in [0.29, 0.717) is 17.4 Å². The monoisotopic (exact) mass is 281 g/mol. The van der Waals surface area contributed by atoms with Gasteiger partial charge in [-0.25, -0.2) is 4.39 Å². The first kappa shape index (κ1) is 14.9. The molecule has 0 saturated heterocycles. The van der Waals surface area contributed by atoms with E-state index in [2.05, 4.69) is 39.1 Å². The van der Waals surface area contributed by atoms with Crippen molar-refractivity contribution < 1.29 is 4.39 Å². The van der Waals surface area contributed by atoms with E-state index in [1.807, 2.05) is 6.07 Å². The summed E-state index contributed by atoms with van der Waals surface area (Å²) in [7, 11) is 0. The SMILES string of the molecule is CC(CNC1CCSc2c(F)cccc21)C(C)(C)C. The van der Waals surface area contributed by atoms with Crippen LogP contribution in [0.3, 0.4) is 0 Å². The Kier molecular flexibility index (Phi) is 4.57. The van der Waals surface area contributed by atoms with Gasteiger partial charge in [-0.15, -0.1) is 11.8 Å². The Morgan fingerprint density at radius 3 is 2.84 bits per heavy atom. The molecule has 1 aromatic rings. The van der Waals surface area contributed by atoms with Gasteiger partial charge in [0.05, 0.1) is 0 Å². The summed E-state index contributed by atoms with van der Waals surface area (Å²) >= 11 is 1.64. The zero-order valence-electron chi connectivity index (χ0n) is 12.3. The van der Waals surface area contributed by atoms with Crippen LogP contribution in [0.2, 0.25) is 0 Å². The molecule has 1 heterocycles. The molecule has 2 atom stereocenters. The lowest BCUT2D eigenvalue weighted by Gasteiger charge is -2.32. The molecule has 1 nitrogen and oxygen atoms in total. The predicted octanol–water partition coefficient (Wildman–Crippen LogP) is 4.63. The average molecular weight is 281 g/mol. The van der Waals surface area contributed by atoms with Crippen molar-refractivity contribution in [2.24, 2.45) is 11.3 Å². The molecule has 19 heavy (non-hydrogen) atoms. The first-order valence-electron chi connectivity index (χ1n) is 7.04. The molecule has 0 fully saturated rings. The van der Waals surface area contributed by atoms with Crippen LogP contribution in [0.15, 0.2) is 23.1 Å². The second kappa shape index (κ2) is 5.84. The molecule has 2 unspecified atom stereocenters. The average Bonchev–Trinajstić information content (AvgIpc) is 2.35. The number of fused-ring (bicyclic) bond motifs is 1. The molecule has 0 aliphatic carbocycles. The van der Waals surface area contributed by atoms with Crippen LogP contribution in [0.4, 0.5) is 4.39 Å². The van der Waals surface area contributed by atoms with Crippen molar-refractivity contribution in [2.75, 3.05) is 12.3 Å². The van der Waals surface area contributed by atoms with Gasteiger partial charge in [0.1, 0.15) is 5.82 Å². The number of halogens is 1. The van der Waals surface area contributed by atoms with Gasteiger partial charge >= 0.3 is 0 Å². The summed E-state index contributed by atoms with van der Waals surface area (Å²) in [6, 6.07) is 5.74. The van der Waals surface area contributed by atoms with E-state index in [1.54, 1.807) is 17.8 Å². The maximum absolute atomic E-state index is 13.8. The van der Waals surface area contributed by atoms with Gasteiger partial charge in [-0.2, -0.15) is 0 Å². The quantitative estimate of drug-likeness (QED) is 0.866. The molecule has 1 aliphatic heterocycles. The molecule has 1 N–H and O–H groups in total. The standard InChI is InChI=1S/C16H24FNS/c1-11(16(2,3)4)10-18-14-8-9-19-15-12(14)6-5-7-13(15)17/h5-7,11,14,18H,8-10H2,1-4H3. The summed E-state index contributed by atoms with van der Waals surface area (Å²) < 4.78 is 13.8. The van der Waals surface area contributed by atoms with E-state index < -0.39 is 0 Å². The van der Waals surface area contributed by atoms with Crippen LogP contribution < -0.4 is 5.32 Å². The molecule has 2 rings (SSSR count). The van der Waals surface area contributed by atoms with Crippen LogP contribution in [0.1, 0.15) is 45.7 Å². The Balaban J connectivity index is 2.06. The van der Waals surface area contributed by atoms with Crippen molar-refractivity contribution in [1.29, 1.82) is 0 Å². The predicted molar refractivity (Wildman–Crippen MR) is 81.1 cm³/mol. The van der Waals surface area contributed by atoms with Crippen molar-refractivity contribution in [3.05, 3.63) is 29.6 Å². The summed E-state index contributed by atoms with van der Waals surface area (Å²) in [4.78, 5) is 0.842. The molecule has 0 aromatic heterocycles. The molecule has 0 bridgehead atoms. The highest BCUT2D eigenvalue weighted by molar-refractivity contribution is 7.99. The van der Waals surface area contributed by atoms with E-state index in [4.69, 9.17) is 0 Å². The van der Waals surface area contributed by atoms with Crippen LogP contribution in [-0.4, -0.2) is 12.3 Å². The summed E-state index contributed by atoms with van der Waals surface area (Å²) in [6.07, 6.45) is 1.08. The molecular weight excluding hydrogens is 257 g/mol. The molecule has 0 amide bonds. The van der Waals surface area contributed by atoms with Crippen molar-refractivity contribution in [1.82, 2.24) is 5.32 Å². The number of hydrogen-bond donors (Lipinski definition) is 1. The second-order valence-corrected chi connectivity index (χ2v) is 7.63. The number of benzene rings is 1. The van der Waals surface area contributed by atoms with Crippen LogP contribution in [0, 0.1) is 17.2 Å². The Morgan fingerprint density at radius 1 is 1.42 bits per heavy atom. The number of rotatable bonds is 3. The van der Waals surface area contributed by atoms with Crippen LogP contribution in [0.5, 0.6) is 0 Å². The first-order valence-corrected chi connectivity index (χ1v) is 8.02. The summed E-state index contributed by atoms with van der Waals surface area (Å²) in [5, 5.41) is 3.63. The molecule has 0 saturated carbocycles. The Labute approximate surface area is 120 Å². The largest absolute Gasteiger partial charge is 0.310 e. The zero-order valence-corrected chi connectivity index (χ0v) is 13.1. The van der Waals surface area contributed by atoms with Gasteiger partial charge in [-0.1, -0.05) is 39.8 Å². The third-order valence-corrected chi connectivity index (χ3v) is 5.33. The Bertz CT molecular complexity index is 439. The molecule has 1 aliphatic rings. The topological polar surface area (TPSA) is 12.0 Å². The van der Waals surface area contributed by atoms with Crippen LogP contribution in [0.25, 0.3) is 0 Å². The normalized spacial score (nSPS) is 21.0. The smallest absolute Gasteiger partial charge is 0.137 e. The van der Waals surface area contributed by atoms with Crippen LogP contribution in [-0.2, 0) is 0 Å². The molecule has 0 radical (unpaired) electrons. The van der Waals surface area contributed by atoms with Gasteiger partial charge < -0.3 is 5.32 Å². The lowest BCUT2D eigenvalue weighted by atomic mass is 9.82. The maximum atomic E-state index is 13.8. The van der Waals surface area contributed by atoms with Crippen molar-refractivity contribution in [3.8, 4) is 0 Å². The highest BCUT2D eigenvalue weighted by atomic mass is 32.2. The number of hydrogen-bond acceptors (Lipinski definition) is 2. The second-order valence-electron chi connectivity index (χ2n) is 6.52. The van der Waals surface area contributed by atoms with Gasteiger partial charge in [0.25, 0.3) is 0 Å². The fourth-order valence-corrected chi connectivity index (χ4v) is 3.36. The maximum Gasteiger partial charge on any atom is 0.137 e. The van der Waals surface area contributed by atoms with E-state index in [9.17, 15) is 4.39 Å². The van der Waals surface area contributed by atoms with Crippen molar-refractivity contribution in [2.45, 2.75) is 45.1 Å². The first-order chi connectivity index (χ1) is 8.89. The van der Waals surface area contributed by atoms with E-state index >= 15 is 0 Å². The molecule has 3 heteroatoms. The fraction of sp³-hybridized carbons (Fsp3) is 0.625. The minimum absolute atomic E-state index is 0.0714. The van der Waals surface area contributed by atoms with Crippen LogP contribution >= 0.6 is 11.8 Å². The summed E-state index contributed by atoms with van der Waals surface area (Å²) in [5.41, 5.74) is 1.44. The van der Waals surface area contributed by atoms with Gasteiger partial charge in [0, 0.05) is 10.9 Å². The molecule has 0 spiro atoms. The van der Waals surface area contributed by atoms with Gasteiger partial charge in [-0.05, 0) is 41.7 Å². The molecule has 106 valence electrons. The van der Waals surface area contributed by atoms with Gasteiger partial charge in [-0.3, -0.25) is 0 Å². The van der Waals surface area contributed by atoms with Gasteiger partial charge in [0.2, 0.25) is 0 Å². The van der Waals surface area contributed by atoms with Crippen molar-refractivity contribution in [3.63, 3.8) is 0 Å². The Hall–Kier alpha value is -0.540. The molecular formula is C16H24FNS. The van der Waals surface area contributed by atoms with E-state index in [-0.39, 0.29) is 5.82 Å². The lowest BCUT2D eigenvalue weighted by molar-refractivity contribution is 0.244. The third-order valence-electron chi connectivity index (χ3n) is 4.17. The molecule has 1 aromatic carbocycles. The van der Waals surface area contributed by atoms with Gasteiger partial charge in [0.15, 0.2) is 0 Å². The Morgan fingerprint density at radius 2 is 2.16 bits per heavy atom. The van der Waals surface area contributed by atoms with E-state index in [1.165, 1.54) is 0 Å². The minimum atomic E-state index is -0.0714. The minimum Gasteiger partial charge on any atom is -0.310 e. The third kappa shape index (κ3) is 3.51. The van der Waals surface area contributed by atoms with E-state index in [0.717, 1.165) is 29.2 Å². The number of nitrogens with one attached hydrogen (secondary N) is 1. The highest BCUT2D eigenvalue weighted by Crippen LogP contribution is 2.38. The summed E-state index contributed by atoms with van der Waals surface area (Å²) in [6.45, 7) is 10.1. The number of thioether (sulfide) groups is 1. The lowest BCUT2D eigenvalue weighted by Crippen LogP contribution is -2.33. The zero-order chi connectivity index (χ0) is 14.0. The highest BCUT2D eigenvalue weighted by Gasteiger charge is 2.25.